The summed E-state index contributed by atoms with van der Waals surface area (Å²) < 4.78 is 4.93. The number of hydrogen-bond acceptors (Lipinski definition) is 4. The van der Waals surface area contributed by atoms with Crippen LogP contribution in [0.15, 0.2) is 42.6 Å². The zero-order valence-corrected chi connectivity index (χ0v) is 10.5. The average Bonchev–Trinajstić information content (AvgIpc) is 2.42. The molecule has 0 unspecified atom stereocenters. The van der Waals surface area contributed by atoms with Gasteiger partial charge in [-0.1, -0.05) is 18.2 Å². The summed E-state index contributed by atoms with van der Waals surface area (Å²) >= 11 is 0. The number of aromatic nitrogens is 1. The van der Waals surface area contributed by atoms with Crippen molar-refractivity contribution in [3.63, 3.8) is 0 Å². The summed E-state index contributed by atoms with van der Waals surface area (Å²) in [5.41, 5.74) is 1.17. The van der Waals surface area contributed by atoms with E-state index in [1.807, 2.05) is 0 Å². The van der Waals surface area contributed by atoms with Crippen LogP contribution in [-0.4, -0.2) is 23.1 Å². The third kappa shape index (κ3) is 3.45. The molecule has 2 aromatic rings. The molecule has 5 heteroatoms. The van der Waals surface area contributed by atoms with E-state index < -0.39 is 0 Å². The van der Waals surface area contributed by atoms with Crippen molar-refractivity contribution >= 4 is 11.6 Å². The molecule has 0 radical (unpaired) electrons. The van der Waals surface area contributed by atoms with Crippen LogP contribution in [0, 0.1) is 0 Å². The highest BCUT2D eigenvalue weighted by atomic mass is 16.5. The summed E-state index contributed by atoms with van der Waals surface area (Å²) in [6.07, 6.45) is 1.63. The van der Waals surface area contributed by atoms with Gasteiger partial charge in [-0.15, -0.1) is 0 Å². The first-order valence-corrected chi connectivity index (χ1v) is 5.76. The maximum Gasteiger partial charge on any atom is 0.228 e. The number of anilines is 1. The summed E-state index contributed by atoms with van der Waals surface area (Å²) in [6.45, 7) is 0. The van der Waals surface area contributed by atoms with Crippen molar-refractivity contribution in [2.24, 2.45) is 0 Å². The Balaban J connectivity index is 1.99. The first-order chi connectivity index (χ1) is 9.19. The van der Waals surface area contributed by atoms with E-state index in [2.05, 4.69) is 10.3 Å². The number of benzene rings is 1. The van der Waals surface area contributed by atoms with Crippen LogP contribution in [-0.2, 0) is 11.2 Å². The Labute approximate surface area is 110 Å². The number of carbonyl (C=O) groups is 1. The normalized spacial score (nSPS) is 9.95. The summed E-state index contributed by atoms with van der Waals surface area (Å²) in [5.74, 6) is 0.387. The van der Waals surface area contributed by atoms with Gasteiger partial charge < -0.3 is 15.2 Å². The summed E-state index contributed by atoms with van der Waals surface area (Å²) in [7, 11) is 1.53. The number of pyridine rings is 1. The van der Waals surface area contributed by atoms with Crippen LogP contribution in [0.3, 0.4) is 0 Å². The topological polar surface area (TPSA) is 71.5 Å². The van der Waals surface area contributed by atoms with Crippen molar-refractivity contribution in [3.05, 3.63) is 48.2 Å². The van der Waals surface area contributed by atoms with Crippen LogP contribution in [0.4, 0.5) is 5.69 Å². The van der Waals surface area contributed by atoms with Gasteiger partial charge in [0.25, 0.3) is 0 Å². The van der Waals surface area contributed by atoms with Crippen LogP contribution in [0.25, 0.3) is 0 Å². The zero-order valence-electron chi connectivity index (χ0n) is 10.5. The molecule has 1 aromatic heterocycles. The molecule has 19 heavy (non-hydrogen) atoms. The number of carbonyl (C=O) groups excluding carboxylic acids is 1. The van der Waals surface area contributed by atoms with Crippen molar-refractivity contribution in [2.75, 3.05) is 12.4 Å². The molecule has 1 heterocycles. The number of amides is 1. The Morgan fingerprint density at radius 3 is 2.74 bits per heavy atom. The number of methoxy groups -OCH3 is 1. The van der Waals surface area contributed by atoms with Crippen molar-refractivity contribution in [3.8, 4) is 11.6 Å². The van der Waals surface area contributed by atoms with Crippen molar-refractivity contribution in [1.82, 2.24) is 4.98 Å². The molecule has 2 N–H and O–H groups in total. The molecular formula is C14H14N2O3. The van der Waals surface area contributed by atoms with Crippen molar-refractivity contribution in [2.45, 2.75) is 6.42 Å². The van der Waals surface area contributed by atoms with Crippen LogP contribution in [0.5, 0.6) is 11.6 Å². The standard InChI is InChI=1S/C14H14N2O3/c1-19-14-7-6-11(9-15-14)16-13(18)8-10-4-2-3-5-12(10)17/h2-7,9,17H,8H2,1H3,(H,16,18). The lowest BCUT2D eigenvalue weighted by Crippen LogP contribution is -2.14. The Morgan fingerprint density at radius 2 is 2.11 bits per heavy atom. The van der Waals surface area contributed by atoms with Gasteiger partial charge in [-0.05, 0) is 12.1 Å². The number of rotatable bonds is 4. The molecule has 2 rings (SSSR count). The molecule has 1 aromatic carbocycles. The minimum absolute atomic E-state index is 0.110. The molecule has 0 aliphatic carbocycles. The lowest BCUT2D eigenvalue weighted by molar-refractivity contribution is -0.115. The molecule has 0 spiro atoms. The van der Waals surface area contributed by atoms with Gasteiger partial charge in [-0.2, -0.15) is 0 Å². The van der Waals surface area contributed by atoms with Crippen LogP contribution in [0.1, 0.15) is 5.56 Å². The fourth-order valence-electron chi connectivity index (χ4n) is 1.61. The summed E-state index contributed by atoms with van der Waals surface area (Å²) in [6, 6.07) is 10.1. The van der Waals surface area contributed by atoms with Gasteiger partial charge in [0.2, 0.25) is 11.8 Å². The molecule has 0 saturated heterocycles. The van der Waals surface area contributed by atoms with E-state index >= 15 is 0 Å². The maximum absolute atomic E-state index is 11.8. The van der Waals surface area contributed by atoms with E-state index in [0.29, 0.717) is 17.1 Å². The number of phenolic OH excluding ortho intramolecular Hbond substituents is 1. The molecule has 5 nitrogen and oxygen atoms in total. The second kappa shape index (κ2) is 5.86. The van der Waals surface area contributed by atoms with E-state index in [1.165, 1.54) is 13.3 Å². The van der Waals surface area contributed by atoms with Gasteiger partial charge in [0.1, 0.15) is 5.75 Å². The number of nitrogens with zero attached hydrogens (tertiary/aromatic N) is 1. The van der Waals surface area contributed by atoms with E-state index in [-0.39, 0.29) is 18.1 Å². The smallest absolute Gasteiger partial charge is 0.228 e. The van der Waals surface area contributed by atoms with Crippen LogP contribution < -0.4 is 10.1 Å². The quantitative estimate of drug-likeness (QED) is 0.879. The molecule has 0 fully saturated rings. The number of nitrogens with one attached hydrogen (secondary N) is 1. The summed E-state index contributed by atoms with van der Waals surface area (Å²) in [4.78, 5) is 15.8. The van der Waals surface area contributed by atoms with Crippen molar-refractivity contribution < 1.29 is 14.6 Å². The van der Waals surface area contributed by atoms with Gasteiger partial charge in [0.05, 0.1) is 25.4 Å². The van der Waals surface area contributed by atoms with E-state index in [9.17, 15) is 9.90 Å². The van der Waals surface area contributed by atoms with Crippen LogP contribution in [0.2, 0.25) is 0 Å². The number of phenols is 1. The first kappa shape index (κ1) is 12.9. The Kier molecular flexibility index (Phi) is 3.97. The summed E-state index contributed by atoms with van der Waals surface area (Å²) in [5, 5.41) is 12.3. The van der Waals surface area contributed by atoms with Gasteiger partial charge in [0, 0.05) is 11.6 Å². The highest BCUT2D eigenvalue weighted by Gasteiger charge is 2.07. The average molecular weight is 258 g/mol. The monoisotopic (exact) mass is 258 g/mol. The fourth-order valence-corrected chi connectivity index (χ4v) is 1.61. The second-order valence-electron chi connectivity index (χ2n) is 3.94. The lowest BCUT2D eigenvalue weighted by atomic mass is 10.1. The number of para-hydroxylation sites is 1. The highest BCUT2D eigenvalue weighted by Crippen LogP contribution is 2.17. The minimum Gasteiger partial charge on any atom is -0.508 e. The molecule has 1 amide bonds. The predicted octanol–water partition coefficient (Wildman–Crippen LogP) is 1.98. The maximum atomic E-state index is 11.8. The predicted molar refractivity (Wildman–Crippen MR) is 71.2 cm³/mol. The Morgan fingerprint density at radius 1 is 1.32 bits per heavy atom. The highest BCUT2D eigenvalue weighted by molar-refractivity contribution is 5.92. The third-order valence-electron chi connectivity index (χ3n) is 2.57. The number of hydrogen-bond donors (Lipinski definition) is 2. The molecule has 0 aliphatic heterocycles. The fraction of sp³-hybridized carbons (Fsp3) is 0.143. The Hall–Kier alpha value is -2.56. The number of aromatic hydroxyl groups is 1. The third-order valence-corrected chi connectivity index (χ3v) is 2.57. The lowest BCUT2D eigenvalue weighted by Gasteiger charge is -2.06. The second-order valence-corrected chi connectivity index (χ2v) is 3.94. The molecule has 98 valence electrons. The molecule has 0 saturated carbocycles. The number of ether oxygens (including phenoxy) is 1. The molecule has 0 bridgehead atoms. The van der Waals surface area contributed by atoms with Gasteiger partial charge >= 0.3 is 0 Å². The van der Waals surface area contributed by atoms with E-state index in [0.717, 1.165) is 0 Å². The van der Waals surface area contributed by atoms with E-state index in [4.69, 9.17) is 4.74 Å². The largest absolute Gasteiger partial charge is 0.508 e. The SMILES string of the molecule is COc1ccc(NC(=O)Cc2ccccc2O)cn1. The molecule has 0 atom stereocenters. The van der Waals surface area contributed by atoms with Crippen molar-refractivity contribution in [1.29, 1.82) is 0 Å². The molecule has 0 aliphatic rings. The van der Waals surface area contributed by atoms with Crippen LogP contribution >= 0.6 is 0 Å². The minimum atomic E-state index is -0.214. The van der Waals surface area contributed by atoms with Gasteiger partial charge in [0.15, 0.2) is 0 Å². The first-order valence-electron chi connectivity index (χ1n) is 5.76. The van der Waals surface area contributed by atoms with Gasteiger partial charge in [-0.25, -0.2) is 4.98 Å². The Bertz CT molecular complexity index is 567. The van der Waals surface area contributed by atoms with Gasteiger partial charge in [-0.3, -0.25) is 4.79 Å². The molecular weight excluding hydrogens is 244 g/mol. The van der Waals surface area contributed by atoms with E-state index in [1.54, 1.807) is 36.4 Å². The zero-order chi connectivity index (χ0) is 13.7.